The summed E-state index contributed by atoms with van der Waals surface area (Å²) in [6.07, 6.45) is 2.05. The Kier molecular flexibility index (Phi) is 11.3. The van der Waals surface area contributed by atoms with Gasteiger partial charge in [-0.25, -0.2) is 13.2 Å². The molecular weight excluding hydrogens is 580 g/mol. The molecule has 0 bridgehead atoms. The summed E-state index contributed by atoms with van der Waals surface area (Å²) >= 11 is 0. The molecule has 1 heterocycles. The van der Waals surface area contributed by atoms with E-state index in [1.54, 1.807) is 26.8 Å². The first kappa shape index (κ1) is 35.1. The van der Waals surface area contributed by atoms with E-state index >= 15 is 0 Å². The Balaban J connectivity index is 2.71. The van der Waals surface area contributed by atoms with Gasteiger partial charge in [0.05, 0.1) is 42.7 Å². The van der Waals surface area contributed by atoms with Crippen molar-refractivity contribution in [2.75, 3.05) is 19.8 Å². The summed E-state index contributed by atoms with van der Waals surface area (Å²) in [5.74, 6) is 0. The minimum Gasteiger partial charge on any atom is -0.444 e. The van der Waals surface area contributed by atoms with Gasteiger partial charge in [-0.3, -0.25) is 19.9 Å². The van der Waals surface area contributed by atoms with Gasteiger partial charge in [0.2, 0.25) is 0 Å². The lowest BCUT2D eigenvalue weighted by atomic mass is 9.96. The highest BCUT2D eigenvalue weighted by Gasteiger charge is 2.45. The number of sulfonamides is 1. The van der Waals surface area contributed by atoms with Gasteiger partial charge in [-0.15, -0.1) is 6.58 Å². The van der Waals surface area contributed by atoms with Crippen LogP contribution in [0, 0.1) is 21.4 Å². The number of benzene rings is 1. The van der Waals surface area contributed by atoms with E-state index in [-0.39, 0.29) is 31.2 Å². The van der Waals surface area contributed by atoms with Crippen molar-refractivity contribution in [1.82, 2.24) is 9.37 Å². The summed E-state index contributed by atoms with van der Waals surface area (Å²) in [5, 5.41) is 21.3. The van der Waals surface area contributed by atoms with Gasteiger partial charge in [-0.05, 0) is 50.5 Å². The molecule has 232 valence electrons. The Hall–Kier alpha value is -3.09. The SMILES string of the molecule is C=CCON([C@@H]1CN(C(=O)OC(C)(C)C)[C@H](CO[Si](C)(C)C(C)(C)C)C=C1CC#N)S(=O)(=O)c1ccccc1[N+](=O)[O-]. The van der Waals surface area contributed by atoms with Crippen LogP contribution >= 0.6 is 0 Å². The average molecular weight is 623 g/mol. The fourth-order valence-corrected chi connectivity index (χ4v) is 6.52. The maximum Gasteiger partial charge on any atom is 0.410 e. The third-order valence-corrected chi connectivity index (χ3v) is 13.3. The first-order chi connectivity index (χ1) is 19.3. The number of carbonyl (C=O) groups is 1. The Labute approximate surface area is 249 Å². The molecule has 0 saturated heterocycles. The largest absolute Gasteiger partial charge is 0.444 e. The van der Waals surface area contributed by atoms with Crippen LogP contribution in [0.25, 0.3) is 0 Å². The highest BCUT2D eigenvalue weighted by Crippen LogP contribution is 2.38. The number of carbonyl (C=O) groups excluding carboxylic acids is 1. The maximum absolute atomic E-state index is 14.0. The topological polar surface area (TPSA) is 152 Å². The van der Waals surface area contributed by atoms with Crippen molar-refractivity contribution in [2.45, 2.75) is 88.7 Å². The zero-order chi connectivity index (χ0) is 32.1. The van der Waals surface area contributed by atoms with E-state index in [4.69, 9.17) is 14.0 Å². The van der Waals surface area contributed by atoms with Gasteiger partial charge in [-0.2, -0.15) is 5.26 Å². The monoisotopic (exact) mass is 622 g/mol. The van der Waals surface area contributed by atoms with Crippen molar-refractivity contribution < 1.29 is 32.1 Å². The van der Waals surface area contributed by atoms with Crippen molar-refractivity contribution in [3.8, 4) is 6.07 Å². The molecule has 1 aromatic carbocycles. The van der Waals surface area contributed by atoms with E-state index in [0.29, 0.717) is 10.0 Å². The molecule has 12 nitrogen and oxygen atoms in total. The number of ether oxygens (including phenoxy) is 1. The predicted octanol–water partition coefficient (Wildman–Crippen LogP) is 5.55. The number of nitro groups is 1. The van der Waals surface area contributed by atoms with E-state index in [1.807, 2.05) is 0 Å². The molecule has 14 heteroatoms. The zero-order valence-electron chi connectivity index (χ0n) is 25.6. The first-order valence-corrected chi connectivity index (χ1v) is 17.8. The number of para-hydroxylation sites is 1. The van der Waals surface area contributed by atoms with Crippen molar-refractivity contribution in [1.29, 1.82) is 5.26 Å². The molecule has 1 aliphatic rings. The summed E-state index contributed by atoms with van der Waals surface area (Å²) in [4.78, 5) is 30.8. The van der Waals surface area contributed by atoms with Gasteiger partial charge in [-0.1, -0.05) is 49.5 Å². The second kappa shape index (κ2) is 13.5. The highest BCUT2D eigenvalue weighted by atomic mass is 32.2. The van der Waals surface area contributed by atoms with Gasteiger partial charge in [0, 0.05) is 12.6 Å². The minimum absolute atomic E-state index is 0.0990. The van der Waals surface area contributed by atoms with E-state index in [9.17, 15) is 28.6 Å². The van der Waals surface area contributed by atoms with Crippen LogP contribution in [0.3, 0.4) is 0 Å². The fraction of sp³-hybridized carbons (Fsp3) is 0.571. The van der Waals surface area contributed by atoms with Crippen molar-refractivity contribution in [3.05, 3.63) is 58.7 Å². The number of rotatable bonds is 11. The van der Waals surface area contributed by atoms with Crippen LogP contribution in [0.1, 0.15) is 48.0 Å². The number of nitriles is 1. The van der Waals surface area contributed by atoms with Gasteiger partial charge in [0.25, 0.3) is 15.7 Å². The van der Waals surface area contributed by atoms with E-state index in [2.05, 4.69) is 46.5 Å². The highest BCUT2D eigenvalue weighted by molar-refractivity contribution is 7.89. The minimum atomic E-state index is -4.69. The Morgan fingerprint density at radius 1 is 1.26 bits per heavy atom. The Morgan fingerprint density at radius 3 is 2.40 bits per heavy atom. The van der Waals surface area contributed by atoms with Crippen LogP contribution in [-0.4, -0.2) is 74.6 Å². The molecule has 1 amide bonds. The summed E-state index contributed by atoms with van der Waals surface area (Å²) in [6.45, 7) is 18.7. The zero-order valence-corrected chi connectivity index (χ0v) is 27.4. The van der Waals surface area contributed by atoms with Gasteiger partial charge in [0.1, 0.15) is 5.60 Å². The Bertz CT molecular complexity index is 1340. The van der Waals surface area contributed by atoms with Crippen molar-refractivity contribution >= 4 is 30.1 Å². The van der Waals surface area contributed by atoms with Crippen LogP contribution in [0.4, 0.5) is 10.5 Å². The number of amides is 1. The molecule has 0 aromatic heterocycles. The lowest BCUT2D eigenvalue weighted by Crippen LogP contribution is -2.57. The lowest BCUT2D eigenvalue weighted by Gasteiger charge is -2.43. The number of hydrogen-bond acceptors (Lipinski definition) is 9. The molecule has 42 heavy (non-hydrogen) atoms. The molecule has 0 spiro atoms. The van der Waals surface area contributed by atoms with Gasteiger partial charge >= 0.3 is 6.09 Å². The summed E-state index contributed by atoms with van der Waals surface area (Å²) in [5.41, 5.74) is -1.15. The van der Waals surface area contributed by atoms with E-state index in [1.165, 1.54) is 23.1 Å². The molecule has 0 N–H and O–H groups in total. The molecular formula is C28H42N4O8SSi. The second-order valence-electron chi connectivity index (χ2n) is 12.4. The summed E-state index contributed by atoms with van der Waals surface area (Å²) < 4.78 is 40.6. The van der Waals surface area contributed by atoms with Crippen LogP contribution in [0.15, 0.2) is 53.5 Å². The number of nitrogens with zero attached hydrogens (tertiary/aromatic N) is 4. The van der Waals surface area contributed by atoms with Crippen LogP contribution in [0.2, 0.25) is 18.1 Å². The molecule has 1 aliphatic heterocycles. The smallest absolute Gasteiger partial charge is 0.410 e. The standard InChI is InChI=1S/C28H42N4O8SSi/c1-10-17-38-32(41(36,37)25-14-12-11-13-23(25)31(34)35)24-19-30(26(33)40-27(2,3)4)22(18-21(24)15-16-29)20-39-42(8,9)28(5,6)7/h10-14,18,22,24H,1,15,17,19-20H2,2-9H3/t22-,24+/m0/s1. The number of nitro benzene ring substituents is 1. The molecule has 2 rings (SSSR count). The first-order valence-electron chi connectivity index (χ1n) is 13.5. The lowest BCUT2D eigenvalue weighted by molar-refractivity contribution is -0.388. The maximum atomic E-state index is 14.0. The second-order valence-corrected chi connectivity index (χ2v) is 19.0. The normalized spacial score (nSPS) is 18.3. The fourth-order valence-electron chi connectivity index (χ4n) is 3.91. The molecule has 0 aliphatic carbocycles. The summed E-state index contributed by atoms with van der Waals surface area (Å²) in [7, 11) is -6.96. The molecule has 2 atom stereocenters. The Morgan fingerprint density at radius 2 is 1.88 bits per heavy atom. The van der Waals surface area contributed by atoms with Crippen molar-refractivity contribution in [3.63, 3.8) is 0 Å². The van der Waals surface area contributed by atoms with Crippen LogP contribution < -0.4 is 0 Å². The third kappa shape index (κ3) is 8.48. The average Bonchev–Trinajstić information content (AvgIpc) is 2.86. The summed E-state index contributed by atoms with van der Waals surface area (Å²) in [6, 6.07) is 5.07. The molecule has 0 unspecified atom stereocenters. The number of hydrogen-bond donors (Lipinski definition) is 0. The molecule has 0 radical (unpaired) electrons. The quantitative estimate of drug-likeness (QED) is 0.134. The third-order valence-electron chi connectivity index (χ3n) is 7.09. The van der Waals surface area contributed by atoms with Crippen LogP contribution in [0.5, 0.6) is 0 Å². The van der Waals surface area contributed by atoms with E-state index < -0.39 is 57.6 Å². The molecule has 0 fully saturated rings. The van der Waals surface area contributed by atoms with E-state index in [0.717, 1.165) is 12.1 Å². The molecule has 0 saturated carbocycles. The van der Waals surface area contributed by atoms with Crippen LogP contribution in [-0.2, 0) is 24.0 Å². The predicted molar refractivity (Wildman–Crippen MR) is 160 cm³/mol. The number of hydroxylamine groups is 1. The van der Waals surface area contributed by atoms with Gasteiger partial charge < -0.3 is 9.16 Å². The van der Waals surface area contributed by atoms with Crippen molar-refractivity contribution in [2.24, 2.45) is 0 Å². The van der Waals surface area contributed by atoms with Gasteiger partial charge in [0.15, 0.2) is 13.2 Å². The molecule has 1 aromatic rings.